The molecule has 6 rings (SSSR count). The Balaban J connectivity index is 1.64. The number of hydrogen-bond acceptors (Lipinski definition) is 2. The van der Waals surface area contributed by atoms with Gasteiger partial charge in [0.05, 0.1) is 6.04 Å². The van der Waals surface area contributed by atoms with Crippen molar-refractivity contribution in [3.8, 4) is 0 Å². The zero-order valence-electron chi connectivity index (χ0n) is 14.2. The molecule has 5 atom stereocenters. The van der Waals surface area contributed by atoms with Crippen molar-refractivity contribution in [1.82, 2.24) is 4.90 Å². The monoisotopic (exact) mass is 320 g/mol. The van der Waals surface area contributed by atoms with Crippen molar-refractivity contribution in [2.45, 2.75) is 50.1 Å². The molecule has 1 aromatic rings. The van der Waals surface area contributed by atoms with E-state index in [0.717, 1.165) is 5.92 Å². The Kier molecular flexibility index (Phi) is 2.46. The first-order valence-corrected chi connectivity index (χ1v) is 9.61. The summed E-state index contributed by atoms with van der Waals surface area (Å²) >= 11 is 0. The van der Waals surface area contributed by atoms with Crippen molar-refractivity contribution in [3.63, 3.8) is 0 Å². The fourth-order valence-electron chi connectivity index (χ4n) is 6.96. The van der Waals surface area contributed by atoms with Crippen molar-refractivity contribution in [3.05, 3.63) is 41.5 Å². The smallest absolute Gasteiger partial charge is 0.231 e. The number of carbonyl (C=O) groups excluding carboxylic acids is 1. The van der Waals surface area contributed by atoms with Crippen LogP contribution < -0.4 is 4.90 Å². The third-order valence-electron chi connectivity index (χ3n) is 7.82. The lowest BCUT2D eigenvalue weighted by atomic mass is 9.56. The van der Waals surface area contributed by atoms with Crippen LogP contribution in [0.2, 0.25) is 0 Å². The van der Waals surface area contributed by atoms with Crippen LogP contribution in [0.5, 0.6) is 0 Å². The molecular formula is C21H24N2O. The maximum Gasteiger partial charge on any atom is 0.231 e. The van der Waals surface area contributed by atoms with E-state index in [1.54, 1.807) is 5.57 Å². The molecular weight excluding hydrogens is 296 g/mol. The van der Waals surface area contributed by atoms with Gasteiger partial charge in [0.1, 0.15) is 0 Å². The molecule has 1 aliphatic carbocycles. The highest BCUT2D eigenvalue weighted by atomic mass is 16.2. The molecule has 3 nitrogen and oxygen atoms in total. The van der Waals surface area contributed by atoms with Crippen LogP contribution in [0.1, 0.15) is 38.2 Å². The molecule has 4 aliphatic heterocycles. The first-order chi connectivity index (χ1) is 11.8. The molecule has 5 aliphatic rings. The summed E-state index contributed by atoms with van der Waals surface area (Å²) in [5.41, 5.74) is 4.43. The standard InChI is InChI=1S/C21H24N2O/c1-2-13-12-22-10-9-21-16-5-3-4-6-17(16)23-19(24)8-7-14(20(21)23)15(13)11-18(21)22/h3-7,13,15,18,20H,2,8-12H2,1H3/t13-,15-,18-,20-,21+/m0/s1. The Morgan fingerprint density at radius 1 is 1.29 bits per heavy atom. The van der Waals surface area contributed by atoms with Crippen molar-refractivity contribution >= 4 is 11.6 Å². The van der Waals surface area contributed by atoms with Gasteiger partial charge in [0, 0.05) is 30.1 Å². The molecule has 2 bridgehead atoms. The topological polar surface area (TPSA) is 23.6 Å². The highest BCUT2D eigenvalue weighted by Crippen LogP contribution is 2.64. The number of anilines is 1. The van der Waals surface area contributed by atoms with Gasteiger partial charge in [0.15, 0.2) is 0 Å². The van der Waals surface area contributed by atoms with Crippen LogP contribution in [0.15, 0.2) is 35.9 Å². The van der Waals surface area contributed by atoms with Gasteiger partial charge in [-0.15, -0.1) is 0 Å². The first kappa shape index (κ1) is 13.7. The summed E-state index contributed by atoms with van der Waals surface area (Å²) in [5.74, 6) is 1.76. The predicted molar refractivity (Wildman–Crippen MR) is 94.0 cm³/mol. The van der Waals surface area contributed by atoms with E-state index in [-0.39, 0.29) is 5.41 Å². The number of carbonyl (C=O) groups is 1. The fraction of sp³-hybridized carbons (Fsp3) is 0.571. The molecule has 0 N–H and O–H groups in total. The van der Waals surface area contributed by atoms with Crippen LogP contribution in [-0.4, -0.2) is 36.0 Å². The largest absolute Gasteiger partial charge is 0.304 e. The van der Waals surface area contributed by atoms with E-state index in [2.05, 4.69) is 47.1 Å². The molecule has 1 saturated carbocycles. The van der Waals surface area contributed by atoms with Crippen LogP contribution in [-0.2, 0) is 10.2 Å². The number of para-hydroxylation sites is 1. The molecule has 1 spiro atoms. The lowest BCUT2D eigenvalue weighted by Crippen LogP contribution is -2.64. The third-order valence-corrected chi connectivity index (χ3v) is 7.82. The van der Waals surface area contributed by atoms with Gasteiger partial charge >= 0.3 is 0 Å². The van der Waals surface area contributed by atoms with Gasteiger partial charge in [-0.25, -0.2) is 0 Å². The van der Waals surface area contributed by atoms with E-state index in [1.807, 2.05) is 0 Å². The molecule has 1 aromatic carbocycles. The summed E-state index contributed by atoms with van der Waals surface area (Å²) < 4.78 is 0. The predicted octanol–water partition coefficient (Wildman–Crippen LogP) is 3.10. The van der Waals surface area contributed by atoms with Crippen molar-refractivity contribution in [1.29, 1.82) is 0 Å². The molecule has 3 heteroatoms. The molecule has 2 saturated heterocycles. The van der Waals surface area contributed by atoms with Gasteiger partial charge in [0.2, 0.25) is 5.91 Å². The van der Waals surface area contributed by atoms with Gasteiger partial charge in [-0.3, -0.25) is 9.69 Å². The number of hydrogen-bond donors (Lipinski definition) is 0. The van der Waals surface area contributed by atoms with E-state index >= 15 is 0 Å². The summed E-state index contributed by atoms with van der Waals surface area (Å²) in [6.45, 7) is 4.81. The van der Waals surface area contributed by atoms with E-state index in [4.69, 9.17) is 0 Å². The molecule has 0 aromatic heterocycles. The summed E-state index contributed by atoms with van der Waals surface area (Å²) in [5, 5.41) is 0. The Labute approximate surface area is 143 Å². The Bertz CT molecular complexity index is 784. The number of piperidine rings is 1. The molecule has 124 valence electrons. The SMILES string of the molecule is CC[C@H]1CN2CC[C@@]34c5ccccc5N5C(=O)CC=C([C@H]1C[C@H]23)[C@H]54. The summed E-state index contributed by atoms with van der Waals surface area (Å²) in [7, 11) is 0. The van der Waals surface area contributed by atoms with Crippen LogP contribution >= 0.6 is 0 Å². The van der Waals surface area contributed by atoms with Crippen LogP contribution in [0, 0.1) is 11.8 Å². The van der Waals surface area contributed by atoms with Crippen LogP contribution in [0.3, 0.4) is 0 Å². The Morgan fingerprint density at radius 2 is 2.17 bits per heavy atom. The average molecular weight is 320 g/mol. The quantitative estimate of drug-likeness (QED) is 0.742. The second kappa shape index (κ2) is 4.32. The molecule has 24 heavy (non-hydrogen) atoms. The van der Waals surface area contributed by atoms with E-state index in [1.165, 1.54) is 43.6 Å². The van der Waals surface area contributed by atoms with Gasteiger partial charge in [-0.2, -0.15) is 0 Å². The molecule has 1 amide bonds. The molecule has 4 heterocycles. The zero-order valence-corrected chi connectivity index (χ0v) is 14.2. The van der Waals surface area contributed by atoms with Crippen LogP contribution in [0.25, 0.3) is 0 Å². The zero-order chi connectivity index (χ0) is 16.1. The summed E-state index contributed by atoms with van der Waals surface area (Å²) in [4.78, 5) is 17.8. The number of fused-ring (bicyclic) bond motifs is 4. The number of rotatable bonds is 1. The maximum atomic E-state index is 12.9. The minimum absolute atomic E-state index is 0.160. The minimum Gasteiger partial charge on any atom is -0.304 e. The van der Waals surface area contributed by atoms with Gasteiger partial charge < -0.3 is 4.90 Å². The lowest BCUT2D eigenvalue weighted by Gasteiger charge is -2.56. The second-order valence-corrected chi connectivity index (χ2v) is 8.40. The van der Waals surface area contributed by atoms with Gasteiger partial charge in [-0.1, -0.05) is 37.6 Å². The van der Waals surface area contributed by atoms with Crippen molar-refractivity contribution in [2.75, 3.05) is 18.0 Å². The Morgan fingerprint density at radius 3 is 3.04 bits per heavy atom. The molecule has 3 fully saturated rings. The number of benzene rings is 1. The number of amides is 1. The molecule has 0 radical (unpaired) electrons. The Hall–Kier alpha value is -1.61. The van der Waals surface area contributed by atoms with Crippen molar-refractivity contribution in [2.24, 2.45) is 11.8 Å². The molecule has 0 unspecified atom stereocenters. The second-order valence-electron chi connectivity index (χ2n) is 8.40. The highest BCUT2D eigenvalue weighted by molar-refractivity contribution is 6.00. The van der Waals surface area contributed by atoms with Gasteiger partial charge in [-0.05, 0) is 48.4 Å². The van der Waals surface area contributed by atoms with E-state index < -0.39 is 0 Å². The summed E-state index contributed by atoms with van der Waals surface area (Å²) in [6, 6.07) is 9.71. The van der Waals surface area contributed by atoms with E-state index in [0.29, 0.717) is 30.3 Å². The average Bonchev–Trinajstić information content (AvgIpc) is 3.15. The van der Waals surface area contributed by atoms with E-state index in [9.17, 15) is 4.79 Å². The van der Waals surface area contributed by atoms with Crippen LogP contribution in [0.4, 0.5) is 5.69 Å². The van der Waals surface area contributed by atoms with Crippen molar-refractivity contribution < 1.29 is 4.79 Å². The highest BCUT2D eigenvalue weighted by Gasteiger charge is 2.67. The summed E-state index contributed by atoms with van der Waals surface area (Å²) in [6.07, 6.45) is 6.69. The third kappa shape index (κ3) is 1.31. The maximum absolute atomic E-state index is 12.9. The first-order valence-electron chi connectivity index (χ1n) is 9.61. The lowest BCUT2D eigenvalue weighted by molar-refractivity contribution is -0.119. The van der Waals surface area contributed by atoms with Gasteiger partial charge in [0.25, 0.3) is 0 Å². The normalized spacial score (nSPS) is 42.0. The number of nitrogens with zero attached hydrogens (tertiary/aromatic N) is 2. The fourth-order valence-corrected chi connectivity index (χ4v) is 6.96. The minimum atomic E-state index is 0.160.